The van der Waals surface area contributed by atoms with Crippen LogP contribution in [0.15, 0.2) is 34.0 Å². The molecule has 5 rings (SSSR count). The van der Waals surface area contributed by atoms with Crippen molar-refractivity contribution in [2.45, 2.75) is 65.4 Å². The van der Waals surface area contributed by atoms with Gasteiger partial charge in [0.05, 0.1) is 18.2 Å². The minimum atomic E-state index is -2.15. The molecule has 9 heteroatoms. The maximum atomic E-state index is 14.4. The van der Waals surface area contributed by atoms with Gasteiger partial charge in [0.2, 0.25) is 0 Å². The van der Waals surface area contributed by atoms with E-state index < -0.39 is 41.7 Å². The largest absolute Gasteiger partial charge is 0.447 e. The normalized spacial score (nSPS) is 41.2. The number of carbonyl (C=O) groups excluding carboxylic acids is 2. The third-order valence-corrected chi connectivity index (χ3v) is 10.1. The molecular formula is C26H34BrN2O6+. The van der Waals surface area contributed by atoms with Gasteiger partial charge in [-0.15, -0.1) is 4.68 Å². The Morgan fingerprint density at radius 2 is 2.06 bits per heavy atom. The zero-order valence-electron chi connectivity index (χ0n) is 20.7. The molecule has 8 atom stereocenters. The summed E-state index contributed by atoms with van der Waals surface area (Å²) in [5, 5.41) is 37.2. The van der Waals surface area contributed by atoms with Gasteiger partial charge in [0.15, 0.2) is 24.0 Å². The molecule has 4 N–H and O–H groups in total. The number of esters is 1. The van der Waals surface area contributed by atoms with Crippen molar-refractivity contribution in [3.05, 3.63) is 39.7 Å². The first-order chi connectivity index (χ1) is 16.4. The van der Waals surface area contributed by atoms with E-state index in [9.17, 15) is 24.9 Å². The molecule has 0 saturated heterocycles. The van der Waals surface area contributed by atoms with E-state index in [4.69, 9.17) is 4.74 Å². The molecule has 0 amide bonds. The standard InChI is InChI=1S/C26H33BrN2O6/c1-6-29-19(17(27)10-28-29)23(33)35-22-12(2)9-25-13(3)7-16-18(24(16,4)5)15(21(25)32)8-14(11-30)20(31)26(22,25)34/h8-10,13,15-16,18,20,22,30-31,34H,6-7,11H2,1-5H3/p+1/t13-,15+,16-,18+,20-,22+,25+,26+/m1/s1. The third kappa shape index (κ3) is 2.98. The molecule has 0 unspecified atom stereocenters. The van der Waals surface area contributed by atoms with Crippen LogP contribution >= 0.6 is 15.9 Å². The van der Waals surface area contributed by atoms with Crippen molar-refractivity contribution in [2.24, 2.45) is 34.5 Å². The quantitative estimate of drug-likeness (QED) is 0.259. The molecule has 35 heavy (non-hydrogen) atoms. The SMILES string of the molecule is CC[n+]1[nH]cc(Br)c1C(=O)O[C@H]1C(C)=C[C@]23C(=O)[C@@H](C=C(CO)[C@@H](O)[C@]12O)[C@H]1[C@@H](C[C@H]3C)C1(C)C. The maximum Gasteiger partial charge on any atom is 0.408 e. The molecule has 4 aliphatic carbocycles. The van der Waals surface area contributed by atoms with Gasteiger partial charge in [-0.2, -0.15) is 5.10 Å². The fourth-order valence-electron chi connectivity index (χ4n) is 7.61. The van der Waals surface area contributed by atoms with Gasteiger partial charge < -0.3 is 20.1 Å². The molecule has 2 bridgehead atoms. The van der Waals surface area contributed by atoms with E-state index in [1.165, 1.54) is 0 Å². The van der Waals surface area contributed by atoms with E-state index in [1.807, 2.05) is 13.8 Å². The number of aryl methyl sites for hydroxylation is 1. The van der Waals surface area contributed by atoms with Crippen LogP contribution < -0.4 is 4.68 Å². The first-order valence-corrected chi connectivity index (χ1v) is 13.1. The summed E-state index contributed by atoms with van der Waals surface area (Å²) in [5.41, 5.74) is -2.68. The average Bonchev–Trinajstić information content (AvgIpc) is 3.08. The lowest BCUT2D eigenvalue weighted by molar-refractivity contribution is -0.749. The summed E-state index contributed by atoms with van der Waals surface area (Å²) in [7, 11) is 0. The van der Waals surface area contributed by atoms with Crippen LogP contribution in [0, 0.1) is 34.5 Å². The molecule has 8 nitrogen and oxygen atoms in total. The molecule has 0 aromatic carbocycles. The predicted molar refractivity (Wildman–Crippen MR) is 129 cm³/mol. The van der Waals surface area contributed by atoms with Crippen molar-refractivity contribution < 1.29 is 34.3 Å². The number of ether oxygens (including phenoxy) is 1. The molecule has 1 heterocycles. The van der Waals surface area contributed by atoms with Gasteiger partial charge in [-0.3, -0.25) is 4.79 Å². The Hall–Kier alpha value is -1.81. The van der Waals surface area contributed by atoms with Crippen LogP contribution in [0.3, 0.4) is 0 Å². The lowest BCUT2D eigenvalue weighted by Gasteiger charge is -2.48. The fraction of sp³-hybridized carbons (Fsp3) is 0.654. The zero-order valence-corrected chi connectivity index (χ0v) is 22.3. The number of allylic oxidation sites excluding steroid dienone is 1. The number of aromatic nitrogens is 2. The number of hydrogen-bond acceptors (Lipinski definition) is 6. The van der Waals surface area contributed by atoms with Gasteiger partial charge in [0, 0.05) is 5.92 Å². The van der Waals surface area contributed by atoms with E-state index in [-0.39, 0.29) is 40.2 Å². The second-order valence-corrected chi connectivity index (χ2v) is 12.2. The van der Waals surface area contributed by atoms with Crippen molar-refractivity contribution in [1.82, 2.24) is 5.10 Å². The Balaban J connectivity index is 1.64. The number of nitrogens with zero attached hydrogens (tertiary/aromatic N) is 1. The number of aromatic amines is 1. The Bertz CT molecular complexity index is 1170. The molecule has 4 aliphatic rings. The second kappa shape index (κ2) is 7.84. The molecule has 0 aliphatic heterocycles. The third-order valence-electron chi connectivity index (χ3n) is 9.47. The molecule has 2 fully saturated rings. The zero-order chi connectivity index (χ0) is 25.7. The Labute approximate surface area is 213 Å². The molecule has 1 aromatic heterocycles. The number of aliphatic hydroxyl groups excluding tert-OH is 2. The smallest absolute Gasteiger partial charge is 0.408 e. The van der Waals surface area contributed by atoms with Gasteiger partial charge in [0.25, 0.3) is 0 Å². The number of halogens is 1. The Morgan fingerprint density at radius 1 is 1.37 bits per heavy atom. The van der Waals surface area contributed by atoms with Crippen molar-refractivity contribution in [3.8, 4) is 0 Å². The topological polar surface area (TPSA) is 124 Å². The first kappa shape index (κ1) is 24.9. The first-order valence-electron chi connectivity index (χ1n) is 12.3. The van der Waals surface area contributed by atoms with Crippen LogP contribution in [-0.4, -0.2) is 56.6 Å². The van der Waals surface area contributed by atoms with E-state index in [1.54, 1.807) is 30.0 Å². The number of nitrogens with one attached hydrogen (secondary N) is 1. The fourth-order valence-corrected chi connectivity index (χ4v) is 8.09. The number of carbonyl (C=O) groups is 2. The monoisotopic (exact) mass is 549 g/mol. The summed E-state index contributed by atoms with van der Waals surface area (Å²) in [6.45, 7) is 9.81. The minimum absolute atomic E-state index is 0.0434. The number of H-pyrrole nitrogens is 1. The van der Waals surface area contributed by atoms with Gasteiger partial charge in [0.1, 0.15) is 10.6 Å². The minimum Gasteiger partial charge on any atom is -0.447 e. The van der Waals surface area contributed by atoms with Crippen LogP contribution in [0.1, 0.15) is 51.5 Å². The highest BCUT2D eigenvalue weighted by atomic mass is 79.9. The molecular weight excluding hydrogens is 516 g/mol. The van der Waals surface area contributed by atoms with Gasteiger partial charge >= 0.3 is 11.7 Å². The van der Waals surface area contributed by atoms with E-state index in [0.29, 0.717) is 23.0 Å². The second-order valence-electron chi connectivity index (χ2n) is 11.4. The van der Waals surface area contributed by atoms with Gasteiger partial charge in [-0.1, -0.05) is 32.9 Å². The van der Waals surface area contributed by atoms with Crippen LogP contribution in [0.4, 0.5) is 0 Å². The van der Waals surface area contributed by atoms with Crippen LogP contribution in [0.5, 0.6) is 0 Å². The van der Waals surface area contributed by atoms with Crippen molar-refractivity contribution in [2.75, 3.05) is 6.61 Å². The van der Waals surface area contributed by atoms with Crippen molar-refractivity contribution >= 4 is 27.7 Å². The molecule has 1 aromatic rings. The van der Waals surface area contributed by atoms with Crippen LogP contribution in [-0.2, 0) is 16.1 Å². The number of rotatable bonds is 4. The summed E-state index contributed by atoms with van der Waals surface area (Å²) in [6, 6.07) is 0. The van der Waals surface area contributed by atoms with Crippen LogP contribution in [0.2, 0.25) is 0 Å². The van der Waals surface area contributed by atoms with Crippen molar-refractivity contribution in [3.63, 3.8) is 0 Å². The van der Waals surface area contributed by atoms with Gasteiger partial charge in [-0.05, 0) is 70.5 Å². The molecule has 2 saturated carbocycles. The van der Waals surface area contributed by atoms with E-state index in [0.717, 1.165) is 0 Å². The Morgan fingerprint density at radius 3 is 2.69 bits per heavy atom. The highest BCUT2D eigenvalue weighted by Gasteiger charge is 2.76. The highest BCUT2D eigenvalue weighted by Crippen LogP contribution is 2.71. The predicted octanol–water partition coefficient (Wildman–Crippen LogP) is 2.08. The number of fused-ring (bicyclic) bond motifs is 3. The number of Topliss-reactive ketones (excluding diaryl/α,β-unsaturated/α-hetero) is 1. The average molecular weight is 550 g/mol. The highest BCUT2D eigenvalue weighted by molar-refractivity contribution is 9.10. The lowest BCUT2D eigenvalue weighted by Crippen LogP contribution is -2.66. The number of ketones is 1. The summed E-state index contributed by atoms with van der Waals surface area (Å²) in [4.78, 5) is 27.7. The van der Waals surface area contributed by atoms with Gasteiger partial charge in [-0.25, -0.2) is 4.79 Å². The number of aliphatic hydroxyl groups is 3. The Kier molecular flexibility index (Phi) is 5.57. The van der Waals surface area contributed by atoms with E-state index >= 15 is 0 Å². The molecule has 1 spiro atoms. The van der Waals surface area contributed by atoms with E-state index in [2.05, 4.69) is 34.9 Å². The summed E-state index contributed by atoms with van der Waals surface area (Å²) < 4.78 is 8.05. The molecule has 0 radical (unpaired) electrons. The number of hydrogen-bond donors (Lipinski definition) is 4. The summed E-state index contributed by atoms with van der Waals surface area (Å²) in [5.74, 6) is -1.34. The summed E-state index contributed by atoms with van der Waals surface area (Å²) >= 11 is 3.37. The lowest BCUT2D eigenvalue weighted by atomic mass is 9.59. The maximum absolute atomic E-state index is 14.4. The summed E-state index contributed by atoms with van der Waals surface area (Å²) in [6.07, 6.45) is 2.89. The van der Waals surface area contributed by atoms with Crippen molar-refractivity contribution in [1.29, 1.82) is 0 Å². The van der Waals surface area contributed by atoms with Crippen LogP contribution in [0.25, 0.3) is 0 Å². The molecule has 190 valence electrons.